The molecule has 2 aromatic heterocycles. The fourth-order valence-corrected chi connectivity index (χ4v) is 2.81. The molecule has 0 fully saturated rings. The van der Waals surface area contributed by atoms with Crippen molar-refractivity contribution in [1.82, 2.24) is 4.98 Å². The zero-order chi connectivity index (χ0) is 14.1. The summed E-state index contributed by atoms with van der Waals surface area (Å²) in [5.74, 6) is 5.36. The van der Waals surface area contributed by atoms with Gasteiger partial charge in [-0.25, -0.2) is 10.8 Å². The fraction of sp³-hybridized carbons (Fsp3) is 0.0769. The lowest BCUT2D eigenvalue weighted by Gasteiger charge is -2.05. The molecule has 3 rings (SSSR count). The summed E-state index contributed by atoms with van der Waals surface area (Å²) in [4.78, 5) is 16.4. The minimum Gasteiger partial charge on any atom is -0.459 e. The largest absolute Gasteiger partial charge is 0.459 e. The summed E-state index contributed by atoms with van der Waals surface area (Å²) in [6, 6.07) is 7.03. The Bertz CT molecular complexity index is 764. The Balaban J connectivity index is 2.01. The summed E-state index contributed by atoms with van der Waals surface area (Å²) in [6.45, 7) is 1.96. The molecule has 1 amide bonds. The van der Waals surface area contributed by atoms with Crippen molar-refractivity contribution >= 4 is 38.3 Å². The van der Waals surface area contributed by atoms with E-state index in [0.29, 0.717) is 10.8 Å². The van der Waals surface area contributed by atoms with Crippen LogP contribution in [0.25, 0.3) is 10.2 Å². The molecule has 3 aromatic rings. The van der Waals surface area contributed by atoms with Crippen LogP contribution >= 0.6 is 11.3 Å². The van der Waals surface area contributed by atoms with E-state index in [1.54, 1.807) is 12.1 Å². The van der Waals surface area contributed by atoms with Crippen molar-refractivity contribution in [1.29, 1.82) is 0 Å². The minimum absolute atomic E-state index is 0.264. The quantitative estimate of drug-likeness (QED) is 0.509. The number of carbonyl (C=O) groups excluding carboxylic acids is 1. The lowest BCUT2D eigenvalue weighted by Crippen LogP contribution is -2.10. The lowest BCUT2D eigenvalue weighted by atomic mass is 10.2. The Kier molecular flexibility index (Phi) is 3.13. The molecule has 0 radical (unpaired) electrons. The van der Waals surface area contributed by atoms with Crippen LogP contribution in [0.5, 0.6) is 0 Å². The van der Waals surface area contributed by atoms with E-state index in [9.17, 15) is 4.79 Å². The summed E-state index contributed by atoms with van der Waals surface area (Å²) in [7, 11) is 0. The van der Waals surface area contributed by atoms with Gasteiger partial charge in [-0.05, 0) is 30.7 Å². The number of nitrogens with one attached hydrogen (secondary N) is 2. The molecule has 0 bridgehead atoms. The molecule has 1 aromatic carbocycles. The summed E-state index contributed by atoms with van der Waals surface area (Å²) in [5, 5.41) is 3.42. The number of amides is 1. The van der Waals surface area contributed by atoms with Gasteiger partial charge in [-0.15, -0.1) is 0 Å². The first kappa shape index (κ1) is 12.6. The Labute approximate surface area is 118 Å². The number of carbonyl (C=O) groups is 1. The first-order valence-corrected chi connectivity index (χ1v) is 6.72. The maximum absolute atomic E-state index is 12.0. The molecular weight excluding hydrogens is 276 g/mol. The van der Waals surface area contributed by atoms with Gasteiger partial charge >= 0.3 is 0 Å². The number of rotatable bonds is 3. The van der Waals surface area contributed by atoms with E-state index in [0.717, 1.165) is 15.8 Å². The highest BCUT2D eigenvalue weighted by Crippen LogP contribution is 2.34. The highest BCUT2D eigenvalue weighted by atomic mass is 32.1. The maximum Gasteiger partial charge on any atom is 0.291 e. The number of nitrogens with zero attached hydrogens (tertiary/aromatic N) is 1. The van der Waals surface area contributed by atoms with Gasteiger partial charge in [-0.1, -0.05) is 17.4 Å². The van der Waals surface area contributed by atoms with Gasteiger partial charge in [0.25, 0.3) is 5.91 Å². The number of nitrogens with two attached hydrogens (primary N) is 1. The average Bonchev–Trinajstić information content (AvgIpc) is 3.10. The van der Waals surface area contributed by atoms with Crippen molar-refractivity contribution in [2.45, 2.75) is 6.92 Å². The lowest BCUT2D eigenvalue weighted by molar-refractivity contribution is 0.0997. The monoisotopic (exact) mass is 288 g/mol. The molecule has 0 unspecified atom stereocenters. The van der Waals surface area contributed by atoms with Crippen molar-refractivity contribution in [3.05, 3.63) is 41.9 Å². The van der Waals surface area contributed by atoms with E-state index in [1.165, 1.54) is 17.6 Å². The summed E-state index contributed by atoms with van der Waals surface area (Å²) in [6.07, 6.45) is 1.46. The average molecular weight is 288 g/mol. The van der Waals surface area contributed by atoms with Crippen molar-refractivity contribution in [3.63, 3.8) is 0 Å². The second-order valence-electron chi connectivity index (χ2n) is 4.20. The first-order valence-electron chi connectivity index (χ1n) is 5.90. The number of thiazole rings is 1. The number of hydrazine groups is 1. The Morgan fingerprint density at radius 3 is 2.95 bits per heavy atom. The van der Waals surface area contributed by atoms with Gasteiger partial charge in [0, 0.05) is 0 Å². The number of fused-ring (bicyclic) bond motifs is 1. The normalized spacial score (nSPS) is 10.7. The van der Waals surface area contributed by atoms with E-state index in [2.05, 4.69) is 15.7 Å². The standard InChI is InChI=1S/C13H12N4O2S/c1-7-4-5-8(11-10(7)16-13(17-14)20-11)15-12(18)9-3-2-6-19-9/h2-6H,14H2,1H3,(H,15,18)(H,16,17). The molecule has 0 atom stereocenters. The third-order valence-electron chi connectivity index (χ3n) is 2.86. The maximum atomic E-state index is 12.0. The molecular formula is C13H12N4O2S. The highest BCUT2D eigenvalue weighted by Gasteiger charge is 2.14. The Hall–Kier alpha value is -2.38. The van der Waals surface area contributed by atoms with E-state index in [4.69, 9.17) is 10.3 Å². The highest BCUT2D eigenvalue weighted by molar-refractivity contribution is 7.22. The van der Waals surface area contributed by atoms with Gasteiger partial charge in [0.05, 0.1) is 22.2 Å². The van der Waals surface area contributed by atoms with Crippen LogP contribution in [0.15, 0.2) is 34.9 Å². The third-order valence-corrected chi connectivity index (χ3v) is 3.88. The molecule has 6 nitrogen and oxygen atoms in total. The van der Waals surface area contributed by atoms with Crippen LogP contribution in [0.2, 0.25) is 0 Å². The van der Waals surface area contributed by atoms with E-state index >= 15 is 0 Å². The number of aryl methyl sites for hydroxylation is 1. The SMILES string of the molecule is Cc1ccc(NC(=O)c2ccco2)c2sc(NN)nc12. The Morgan fingerprint density at radius 2 is 2.25 bits per heavy atom. The molecule has 0 saturated carbocycles. The third kappa shape index (κ3) is 2.13. The van der Waals surface area contributed by atoms with Gasteiger partial charge in [0.1, 0.15) is 0 Å². The van der Waals surface area contributed by atoms with Crippen LogP contribution in [0.3, 0.4) is 0 Å². The van der Waals surface area contributed by atoms with Gasteiger partial charge in [0.15, 0.2) is 10.9 Å². The minimum atomic E-state index is -0.296. The van der Waals surface area contributed by atoms with Gasteiger partial charge < -0.3 is 9.73 Å². The first-order chi connectivity index (χ1) is 9.69. The molecule has 0 spiro atoms. The number of nitrogen functional groups attached to an aromatic ring is 1. The number of hydrogen-bond acceptors (Lipinski definition) is 6. The second kappa shape index (κ2) is 4.95. The predicted molar refractivity (Wildman–Crippen MR) is 78.8 cm³/mol. The van der Waals surface area contributed by atoms with Crippen LogP contribution in [0.1, 0.15) is 16.1 Å². The molecule has 0 aliphatic carbocycles. The number of furan rings is 1. The van der Waals surface area contributed by atoms with E-state index in [-0.39, 0.29) is 11.7 Å². The molecule has 20 heavy (non-hydrogen) atoms. The molecule has 0 saturated heterocycles. The smallest absolute Gasteiger partial charge is 0.291 e. The van der Waals surface area contributed by atoms with Crippen LogP contribution in [-0.4, -0.2) is 10.9 Å². The number of benzene rings is 1. The van der Waals surface area contributed by atoms with Crippen molar-refractivity contribution in [3.8, 4) is 0 Å². The molecule has 102 valence electrons. The summed E-state index contributed by atoms with van der Waals surface area (Å²) in [5.41, 5.74) is 5.06. The molecule has 0 aliphatic heterocycles. The van der Waals surface area contributed by atoms with E-state index in [1.807, 2.05) is 19.1 Å². The second-order valence-corrected chi connectivity index (χ2v) is 5.20. The zero-order valence-electron chi connectivity index (χ0n) is 10.6. The number of hydrogen-bond donors (Lipinski definition) is 3. The summed E-state index contributed by atoms with van der Waals surface area (Å²) >= 11 is 1.38. The molecule has 7 heteroatoms. The predicted octanol–water partition coefficient (Wildman–Crippen LogP) is 2.74. The number of aromatic nitrogens is 1. The molecule has 2 heterocycles. The fourth-order valence-electron chi connectivity index (χ4n) is 1.88. The van der Waals surface area contributed by atoms with Crippen molar-refractivity contribution in [2.75, 3.05) is 10.7 Å². The zero-order valence-corrected chi connectivity index (χ0v) is 11.5. The summed E-state index contributed by atoms with van der Waals surface area (Å²) < 4.78 is 5.95. The molecule has 4 N–H and O–H groups in total. The van der Waals surface area contributed by atoms with Crippen LogP contribution in [0.4, 0.5) is 10.8 Å². The van der Waals surface area contributed by atoms with Crippen LogP contribution < -0.4 is 16.6 Å². The van der Waals surface area contributed by atoms with Gasteiger partial charge in [-0.3, -0.25) is 10.2 Å². The van der Waals surface area contributed by atoms with E-state index < -0.39 is 0 Å². The van der Waals surface area contributed by atoms with Crippen LogP contribution in [0, 0.1) is 6.92 Å². The van der Waals surface area contributed by atoms with Crippen LogP contribution in [-0.2, 0) is 0 Å². The van der Waals surface area contributed by atoms with Crippen molar-refractivity contribution < 1.29 is 9.21 Å². The Morgan fingerprint density at radius 1 is 1.40 bits per heavy atom. The number of anilines is 2. The van der Waals surface area contributed by atoms with Gasteiger partial charge in [-0.2, -0.15) is 0 Å². The molecule has 0 aliphatic rings. The topological polar surface area (TPSA) is 93.2 Å². The van der Waals surface area contributed by atoms with Gasteiger partial charge in [0.2, 0.25) is 0 Å². The van der Waals surface area contributed by atoms with Crippen molar-refractivity contribution in [2.24, 2.45) is 5.84 Å².